The molecule has 0 fully saturated rings. The topological polar surface area (TPSA) is 64.6 Å². The predicted octanol–water partition coefficient (Wildman–Crippen LogP) is 1.58. The number of hydrogen-bond acceptors (Lipinski definition) is 4. The number of carbonyl (C=O) groups is 2. The number of benzene rings is 1. The molecule has 92 valence electrons. The molecule has 1 aromatic rings. The van der Waals surface area contributed by atoms with Crippen LogP contribution < -0.4 is 5.32 Å². The fraction of sp³-hybridized carbons (Fsp3) is 0.273. The third kappa shape index (κ3) is 5.46. The summed E-state index contributed by atoms with van der Waals surface area (Å²) in [6.07, 6.45) is 0. The van der Waals surface area contributed by atoms with Gasteiger partial charge in [0.25, 0.3) is 5.91 Å². The van der Waals surface area contributed by atoms with Crippen LogP contribution in [0.1, 0.15) is 0 Å². The van der Waals surface area contributed by atoms with Crippen LogP contribution in [0, 0.1) is 0 Å². The van der Waals surface area contributed by atoms with Crippen LogP contribution in [0.5, 0.6) is 0 Å². The van der Waals surface area contributed by atoms with Crippen LogP contribution >= 0.6 is 15.9 Å². The van der Waals surface area contributed by atoms with Gasteiger partial charge in [-0.05, 0) is 18.2 Å². The second kappa shape index (κ2) is 7.03. The molecule has 6 heteroatoms. The van der Waals surface area contributed by atoms with E-state index in [4.69, 9.17) is 0 Å². The molecule has 0 unspecified atom stereocenters. The van der Waals surface area contributed by atoms with Crippen molar-refractivity contribution in [1.29, 1.82) is 0 Å². The number of hydrogen-bond donors (Lipinski definition) is 1. The summed E-state index contributed by atoms with van der Waals surface area (Å²) in [6.45, 7) is -0.487. The first-order chi connectivity index (χ1) is 8.11. The fourth-order valence-corrected chi connectivity index (χ4v) is 1.47. The maximum atomic E-state index is 11.4. The number of anilines is 1. The van der Waals surface area contributed by atoms with Gasteiger partial charge in [-0.25, -0.2) is 4.79 Å². The largest absolute Gasteiger partial charge is 0.454 e. The Balaban J connectivity index is 2.37. The standard InChI is InChI=1S/C11H12BrNO4/c1-16-7-11(15)17-6-10(14)13-9-4-2-3-8(12)5-9/h2-5H,6-7H2,1H3,(H,13,14). The Labute approximate surface area is 107 Å². The van der Waals surface area contributed by atoms with E-state index in [1.807, 2.05) is 6.07 Å². The molecule has 0 aliphatic heterocycles. The Morgan fingerprint density at radius 3 is 2.76 bits per heavy atom. The van der Waals surface area contributed by atoms with Crippen molar-refractivity contribution in [3.8, 4) is 0 Å². The Hall–Kier alpha value is -1.40. The maximum Gasteiger partial charge on any atom is 0.332 e. The molecule has 1 rings (SSSR count). The third-order valence-electron chi connectivity index (χ3n) is 1.73. The van der Waals surface area contributed by atoms with Crippen LogP contribution in [0.4, 0.5) is 5.69 Å². The third-order valence-corrected chi connectivity index (χ3v) is 2.23. The summed E-state index contributed by atoms with van der Waals surface area (Å²) in [5, 5.41) is 2.59. The number of methoxy groups -OCH3 is 1. The first-order valence-corrected chi connectivity index (χ1v) is 5.61. The van der Waals surface area contributed by atoms with Crippen LogP contribution in [0.2, 0.25) is 0 Å². The molecule has 1 aromatic carbocycles. The van der Waals surface area contributed by atoms with E-state index >= 15 is 0 Å². The van der Waals surface area contributed by atoms with Gasteiger partial charge in [-0.2, -0.15) is 0 Å². The summed E-state index contributed by atoms with van der Waals surface area (Å²) in [7, 11) is 1.38. The number of esters is 1. The highest BCUT2D eigenvalue weighted by molar-refractivity contribution is 9.10. The zero-order chi connectivity index (χ0) is 12.7. The van der Waals surface area contributed by atoms with Gasteiger partial charge in [-0.1, -0.05) is 22.0 Å². The molecule has 0 saturated carbocycles. The molecular weight excluding hydrogens is 290 g/mol. The second-order valence-corrected chi connectivity index (χ2v) is 4.07. The van der Waals surface area contributed by atoms with E-state index in [0.717, 1.165) is 4.47 Å². The first kappa shape index (κ1) is 13.7. The lowest BCUT2D eigenvalue weighted by Crippen LogP contribution is -2.22. The highest BCUT2D eigenvalue weighted by Gasteiger charge is 2.07. The molecule has 1 N–H and O–H groups in total. The van der Waals surface area contributed by atoms with Crippen molar-refractivity contribution in [2.45, 2.75) is 0 Å². The van der Waals surface area contributed by atoms with Crippen molar-refractivity contribution in [2.24, 2.45) is 0 Å². The smallest absolute Gasteiger partial charge is 0.332 e. The number of carbonyl (C=O) groups excluding carboxylic acids is 2. The highest BCUT2D eigenvalue weighted by Crippen LogP contribution is 2.15. The van der Waals surface area contributed by atoms with Crippen LogP contribution in [-0.4, -0.2) is 32.2 Å². The van der Waals surface area contributed by atoms with Gasteiger partial charge in [0.15, 0.2) is 6.61 Å². The molecule has 0 aromatic heterocycles. The molecule has 0 atom stereocenters. The average molecular weight is 302 g/mol. The Morgan fingerprint density at radius 2 is 2.12 bits per heavy atom. The summed E-state index contributed by atoms with van der Waals surface area (Å²) in [5.74, 6) is -0.968. The highest BCUT2D eigenvalue weighted by atomic mass is 79.9. The maximum absolute atomic E-state index is 11.4. The number of ether oxygens (including phenoxy) is 2. The quantitative estimate of drug-likeness (QED) is 0.839. The average Bonchev–Trinajstić information content (AvgIpc) is 2.27. The van der Waals surface area contributed by atoms with E-state index in [9.17, 15) is 9.59 Å². The van der Waals surface area contributed by atoms with Crippen molar-refractivity contribution in [2.75, 3.05) is 25.6 Å². The lowest BCUT2D eigenvalue weighted by Gasteiger charge is -2.06. The van der Waals surface area contributed by atoms with E-state index in [1.165, 1.54) is 7.11 Å². The van der Waals surface area contributed by atoms with Gasteiger partial charge >= 0.3 is 5.97 Å². The SMILES string of the molecule is COCC(=O)OCC(=O)Nc1cccc(Br)c1. The molecule has 5 nitrogen and oxygen atoms in total. The van der Waals surface area contributed by atoms with Gasteiger partial charge in [-0.15, -0.1) is 0 Å². The molecule has 17 heavy (non-hydrogen) atoms. The van der Waals surface area contributed by atoms with Gasteiger partial charge in [0.1, 0.15) is 6.61 Å². The van der Waals surface area contributed by atoms with Gasteiger partial charge in [0, 0.05) is 17.3 Å². The molecule has 0 aliphatic carbocycles. The Kier molecular flexibility index (Phi) is 5.65. The van der Waals surface area contributed by atoms with Crippen molar-refractivity contribution >= 4 is 33.5 Å². The van der Waals surface area contributed by atoms with E-state index in [1.54, 1.807) is 18.2 Å². The van der Waals surface area contributed by atoms with Crippen molar-refractivity contribution in [3.05, 3.63) is 28.7 Å². The van der Waals surface area contributed by atoms with Gasteiger partial charge in [0.2, 0.25) is 0 Å². The van der Waals surface area contributed by atoms with Crippen LogP contribution in [-0.2, 0) is 19.1 Å². The second-order valence-electron chi connectivity index (χ2n) is 3.15. The minimum absolute atomic E-state index is 0.163. The summed E-state index contributed by atoms with van der Waals surface area (Å²) < 4.78 is 10.1. The van der Waals surface area contributed by atoms with Gasteiger partial charge in [0.05, 0.1) is 0 Å². The summed E-state index contributed by atoms with van der Waals surface area (Å²) >= 11 is 3.28. The Morgan fingerprint density at radius 1 is 1.35 bits per heavy atom. The van der Waals surface area contributed by atoms with Gasteiger partial charge < -0.3 is 14.8 Å². The number of amides is 1. The molecule has 0 spiro atoms. The molecule has 0 heterocycles. The molecule has 0 bridgehead atoms. The van der Waals surface area contributed by atoms with E-state index in [0.29, 0.717) is 5.69 Å². The number of rotatable bonds is 5. The fourth-order valence-electron chi connectivity index (χ4n) is 1.07. The minimum Gasteiger partial charge on any atom is -0.454 e. The van der Waals surface area contributed by atoms with Crippen molar-refractivity contribution < 1.29 is 19.1 Å². The van der Waals surface area contributed by atoms with Crippen LogP contribution in [0.15, 0.2) is 28.7 Å². The normalized spacial score (nSPS) is 9.76. The first-order valence-electron chi connectivity index (χ1n) is 4.82. The monoisotopic (exact) mass is 301 g/mol. The molecule has 0 aliphatic rings. The molecular formula is C11H12BrNO4. The Bertz CT molecular complexity index is 408. The minimum atomic E-state index is -0.572. The predicted molar refractivity (Wildman–Crippen MR) is 65.6 cm³/mol. The lowest BCUT2D eigenvalue weighted by molar-refractivity contribution is -0.150. The molecule has 0 saturated heterocycles. The lowest BCUT2D eigenvalue weighted by atomic mass is 10.3. The van der Waals surface area contributed by atoms with E-state index in [-0.39, 0.29) is 13.2 Å². The van der Waals surface area contributed by atoms with Gasteiger partial charge in [-0.3, -0.25) is 4.79 Å². The zero-order valence-corrected chi connectivity index (χ0v) is 10.8. The summed E-state index contributed by atoms with van der Waals surface area (Å²) in [6, 6.07) is 7.11. The molecule has 0 radical (unpaired) electrons. The summed E-state index contributed by atoms with van der Waals surface area (Å²) in [5.41, 5.74) is 0.632. The van der Waals surface area contributed by atoms with Crippen LogP contribution in [0.3, 0.4) is 0 Å². The summed E-state index contributed by atoms with van der Waals surface area (Å²) in [4.78, 5) is 22.3. The van der Waals surface area contributed by atoms with Crippen LogP contribution in [0.25, 0.3) is 0 Å². The van der Waals surface area contributed by atoms with E-state index in [2.05, 4.69) is 30.7 Å². The van der Waals surface area contributed by atoms with E-state index < -0.39 is 11.9 Å². The zero-order valence-electron chi connectivity index (χ0n) is 9.23. The molecule has 1 amide bonds. The number of halogens is 1. The van der Waals surface area contributed by atoms with Crippen molar-refractivity contribution in [3.63, 3.8) is 0 Å². The van der Waals surface area contributed by atoms with Crippen molar-refractivity contribution in [1.82, 2.24) is 0 Å². The number of nitrogens with one attached hydrogen (secondary N) is 1.